The number of hydrogen-bond donors (Lipinski definition) is 0. The molecule has 8 aliphatic rings. The smallest absolute Gasteiger partial charge is 0.309 e. The predicted molar refractivity (Wildman–Crippen MR) is 211 cm³/mol. The van der Waals surface area contributed by atoms with Crippen LogP contribution in [0.2, 0.25) is 25.7 Å². The molecule has 300 valence electrons. The molecule has 0 bridgehead atoms. The van der Waals surface area contributed by atoms with Gasteiger partial charge in [-0.25, -0.2) is 0 Å². The highest BCUT2D eigenvalue weighted by molar-refractivity contribution is 6.76. The van der Waals surface area contributed by atoms with Gasteiger partial charge >= 0.3 is 11.9 Å². The Morgan fingerprint density at radius 2 is 1.20 bits per heavy atom. The topological polar surface area (TPSA) is 105 Å². The van der Waals surface area contributed by atoms with Crippen molar-refractivity contribution in [3.05, 3.63) is 33.4 Å². The Hall–Kier alpha value is -2.16. The molecule has 0 aromatic rings. The van der Waals surface area contributed by atoms with E-state index in [0.717, 1.165) is 95.9 Å². The van der Waals surface area contributed by atoms with E-state index >= 15 is 0 Å². The highest BCUT2D eigenvalue weighted by Gasteiger charge is 2.62. The minimum Gasteiger partial charge on any atom is -0.466 e. The predicted octanol–water partition coefficient (Wildman–Crippen LogP) is 10.5. The number of hydrogen-bond acceptors (Lipinski definition) is 7. The summed E-state index contributed by atoms with van der Waals surface area (Å²) in [7, 11) is -1.24. The van der Waals surface area contributed by atoms with Crippen LogP contribution in [0.15, 0.2) is 23.3 Å². The molecule has 0 aromatic heterocycles. The van der Waals surface area contributed by atoms with E-state index in [1.165, 1.54) is 17.6 Å². The van der Waals surface area contributed by atoms with E-state index in [4.69, 9.17) is 14.3 Å². The summed E-state index contributed by atoms with van der Waals surface area (Å²) in [4.78, 5) is 43.7. The SMILES string of the molecule is C[C@]12CC[C@H]3[C@@H](CC=C4C[C@@H](OC(=O)[C@H]5CC[C@H]6[C@@H]7CC=C8C[C@@H](O[N+](=O)[O-])CC[C@]8(C)[C@H]7CC[C@]56C)CC[C@@]43C)[C@@H]1CC[C@@H]2C(=O)OCC[Si](C)(C)C. The van der Waals surface area contributed by atoms with E-state index in [-0.39, 0.29) is 57.6 Å². The molecule has 8 rings (SSSR count). The number of rotatable bonds is 8. The molecule has 0 heterocycles. The Kier molecular flexibility index (Phi) is 9.85. The van der Waals surface area contributed by atoms with Crippen molar-refractivity contribution in [1.82, 2.24) is 0 Å². The highest BCUT2D eigenvalue weighted by Crippen LogP contribution is 2.68. The lowest BCUT2D eigenvalue weighted by molar-refractivity contribution is -0.769. The summed E-state index contributed by atoms with van der Waals surface area (Å²) in [6, 6.07) is 1.03. The minimum atomic E-state index is -1.24. The fourth-order valence-electron chi connectivity index (χ4n) is 15.1. The van der Waals surface area contributed by atoms with Crippen molar-refractivity contribution in [3.63, 3.8) is 0 Å². The number of carbonyl (C=O) groups excluding carboxylic acids is 2. The Labute approximate surface area is 325 Å². The molecular formula is C45H69NO7Si. The number of fused-ring (bicyclic) bond motifs is 10. The second-order valence-corrected chi connectivity index (χ2v) is 27.5. The second-order valence-electron chi connectivity index (χ2n) is 21.8. The fraction of sp³-hybridized carbons (Fsp3) is 0.867. The first-order valence-corrected chi connectivity index (χ1v) is 25.7. The molecule has 14 atom stereocenters. The van der Waals surface area contributed by atoms with Crippen molar-refractivity contribution in [2.45, 2.75) is 168 Å². The molecule has 8 nitrogen and oxygen atoms in total. The Balaban J connectivity index is 0.893. The number of allylic oxidation sites excluding steroid dienone is 2. The molecule has 0 radical (unpaired) electrons. The number of carbonyl (C=O) groups is 2. The number of nitrogens with zero attached hydrogens (tertiary/aromatic N) is 1. The second kappa shape index (κ2) is 13.7. The van der Waals surface area contributed by atoms with Crippen LogP contribution in [0.25, 0.3) is 0 Å². The van der Waals surface area contributed by atoms with Gasteiger partial charge in [0.2, 0.25) is 0 Å². The van der Waals surface area contributed by atoms with Crippen molar-refractivity contribution in [3.8, 4) is 0 Å². The molecule has 0 unspecified atom stereocenters. The lowest BCUT2D eigenvalue weighted by Gasteiger charge is -2.58. The van der Waals surface area contributed by atoms with Gasteiger partial charge in [0.15, 0.2) is 0 Å². The van der Waals surface area contributed by atoms with Gasteiger partial charge in [-0.1, -0.05) is 70.6 Å². The van der Waals surface area contributed by atoms with Crippen LogP contribution in [0.5, 0.6) is 0 Å². The van der Waals surface area contributed by atoms with Crippen molar-refractivity contribution in [1.29, 1.82) is 0 Å². The van der Waals surface area contributed by atoms with Gasteiger partial charge < -0.3 is 14.3 Å². The molecule has 0 aromatic carbocycles. The zero-order chi connectivity index (χ0) is 38.4. The number of esters is 2. The van der Waals surface area contributed by atoms with Gasteiger partial charge in [-0.2, -0.15) is 0 Å². The van der Waals surface area contributed by atoms with Crippen LogP contribution in [-0.2, 0) is 23.9 Å². The molecule has 8 aliphatic carbocycles. The van der Waals surface area contributed by atoms with Crippen LogP contribution in [0.1, 0.15) is 130 Å². The summed E-state index contributed by atoms with van der Waals surface area (Å²) in [5, 5.41) is 10.4. The van der Waals surface area contributed by atoms with E-state index in [1.54, 1.807) is 0 Å². The zero-order valence-corrected chi connectivity index (χ0v) is 35.5. The van der Waals surface area contributed by atoms with Gasteiger partial charge in [0.25, 0.3) is 5.09 Å². The molecule has 0 amide bonds. The molecule has 0 aliphatic heterocycles. The first-order chi connectivity index (χ1) is 25.5. The summed E-state index contributed by atoms with van der Waals surface area (Å²) in [5.74, 6) is 3.62. The fourth-order valence-corrected chi connectivity index (χ4v) is 15.9. The third kappa shape index (κ3) is 6.35. The van der Waals surface area contributed by atoms with Gasteiger partial charge in [0.05, 0.1) is 18.4 Å². The van der Waals surface area contributed by atoms with E-state index in [2.05, 4.69) is 59.5 Å². The Bertz CT molecular complexity index is 1580. The summed E-state index contributed by atoms with van der Waals surface area (Å²) in [6.07, 6.45) is 20.6. The van der Waals surface area contributed by atoms with E-state index in [9.17, 15) is 19.7 Å². The molecule has 0 N–H and O–H groups in total. The molecular weight excluding hydrogens is 695 g/mol. The molecule has 6 saturated carbocycles. The summed E-state index contributed by atoms with van der Waals surface area (Å²) >= 11 is 0. The van der Waals surface area contributed by atoms with Gasteiger partial charge in [-0.3, -0.25) is 9.59 Å². The maximum Gasteiger partial charge on any atom is 0.309 e. The van der Waals surface area contributed by atoms with E-state index in [0.29, 0.717) is 48.5 Å². The Morgan fingerprint density at radius 1 is 0.704 bits per heavy atom. The summed E-state index contributed by atoms with van der Waals surface area (Å²) in [5.41, 5.74) is 3.15. The first-order valence-electron chi connectivity index (χ1n) is 22.0. The van der Waals surface area contributed by atoms with Crippen molar-refractivity contribution < 1.29 is 29.0 Å². The van der Waals surface area contributed by atoms with Gasteiger partial charge in [-0.05, 0) is 160 Å². The minimum absolute atomic E-state index is 0.0268. The third-order valence-corrected chi connectivity index (χ3v) is 20.0. The Morgan fingerprint density at radius 3 is 1.72 bits per heavy atom. The average molecular weight is 764 g/mol. The van der Waals surface area contributed by atoms with E-state index in [1.807, 2.05) is 0 Å². The lowest BCUT2D eigenvalue weighted by Crippen LogP contribution is -2.52. The first kappa shape index (κ1) is 38.7. The monoisotopic (exact) mass is 763 g/mol. The van der Waals surface area contributed by atoms with Gasteiger partial charge in [0.1, 0.15) is 12.2 Å². The highest BCUT2D eigenvalue weighted by atomic mass is 28.3. The van der Waals surface area contributed by atoms with Gasteiger partial charge in [-0.15, -0.1) is 10.1 Å². The van der Waals surface area contributed by atoms with Crippen LogP contribution >= 0.6 is 0 Å². The zero-order valence-electron chi connectivity index (χ0n) is 34.5. The maximum absolute atomic E-state index is 14.2. The standard InChI is InChI=1S/C45H69NO7Si/c1-42-20-16-30(26-28(42)8-10-32-34-12-14-38(44(34,3)22-18-36(32)42)40(47)51-24-25-54(5,6)7)52-41(48)39-15-13-35-33-11-9-29-27-31(53-46(49)50)17-21-43(29,2)37(33)19-23-45(35,39)4/h8-9,30-39H,10-27H2,1-7H3/t30-,31-,32-,33-,34-,35-,36-,37-,38+,39+,42-,43-,44-,45-/m0/s1. The normalized spacial score (nSPS) is 46.6. The van der Waals surface area contributed by atoms with Crippen LogP contribution in [0.3, 0.4) is 0 Å². The molecule has 54 heavy (non-hydrogen) atoms. The summed E-state index contributed by atoms with van der Waals surface area (Å²) in [6.45, 7) is 17.3. The van der Waals surface area contributed by atoms with Gasteiger partial charge in [0, 0.05) is 14.5 Å². The molecule has 9 heteroatoms. The van der Waals surface area contributed by atoms with Crippen LogP contribution in [0.4, 0.5) is 0 Å². The van der Waals surface area contributed by atoms with Crippen molar-refractivity contribution in [2.75, 3.05) is 6.61 Å². The summed E-state index contributed by atoms with van der Waals surface area (Å²) < 4.78 is 12.5. The van der Waals surface area contributed by atoms with Crippen molar-refractivity contribution in [2.24, 2.45) is 69.0 Å². The maximum atomic E-state index is 14.2. The largest absolute Gasteiger partial charge is 0.466 e. The molecule has 0 saturated heterocycles. The number of ether oxygens (including phenoxy) is 2. The van der Waals surface area contributed by atoms with Crippen LogP contribution in [-0.4, -0.2) is 43.9 Å². The lowest BCUT2D eigenvalue weighted by atomic mass is 9.47. The average Bonchev–Trinajstić information content (AvgIpc) is 3.64. The molecule has 6 fully saturated rings. The van der Waals surface area contributed by atoms with Crippen LogP contribution in [0, 0.1) is 79.1 Å². The van der Waals surface area contributed by atoms with Crippen LogP contribution < -0.4 is 0 Å². The van der Waals surface area contributed by atoms with E-state index < -0.39 is 13.2 Å². The van der Waals surface area contributed by atoms with Crippen molar-refractivity contribution >= 4 is 20.0 Å². The quantitative estimate of drug-likeness (QED) is 0.0797. The molecule has 0 spiro atoms. The third-order valence-electron chi connectivity index (χ3n) is 18.3.